The van der Waals surface area contributed by atoms with Gasteiger partial charge in [-0.1, -0.05) is 37.2 Å². The number of para-hydroxylation sites is 1. The summed E-state index contributed by atoms with van der Waals surface area (Å²) in [5.41, 5.74) is 1.07. The number of carbonyl (C=O) groups is 1. The van der Waals surface area contributed by atoms with Crippen LogP contribution in [0, 0.1) is 5.82 Å². The van der Waals surface area contributed by atoms with E-state index in [0.29, 0.717) is 28.2 Å². The summed E-state index contributed by atoms with van der Waals surface area (Å²) >= 11 is 1.51. The van der Waals surface area contributed by atoms with Gasteiger partial charge in [-0.25, -0.2) is 9.37 Å². The number of nitrogens with zero attached hydrogens (tertiary/aromatic N) is 2. The summed E-state index contributed by atoms with van der Waals surface area (Å²) in [6.07, 6.45) is 4.13. The van der Waals surface area contributed by atoms with Gasteiger partial charge in [0, 0.05) is 18.2 Å². The van der Waals surface area contributed by atoms with E-state index in [0.717, 1.165) is 31.4 Å². The fourth-order valence-corrected chi connectivity index (χ4v) is 4.22. The molecular weight excluding hydrogens is 413 g/mol. The number of aromatic nitrogens is 2. The number of thioether (sulfide) groups is 1. The highest BCUT2D eigenvalue weighted by Crippen LogP contribution is 2.23. The summed E-state index contributed by atoms with van der Waals surface area (Å²) in [5.74, 6) is 0.527. The lowest BCUT2D eigenvalue weighted by Crippen LogP contribution is -2.31. The van der Waals surface area contributed by atoms with E-state index < -0.39 is 0 Å². The number of amides is 1. The van der Waals surface area contributed by atoms with Crippen molar-refractivity contribution >= 4 is 28.6 Å². The second kappa shape index (κ2) is 11.1. The molecular formula is C24H28FN3O2S. The van der Waals surface area contributed by atoms with Crippen LogP contribution < -0.4 is 10.9 Å². The van der Waals surface area contributed by atoms with Gasteiger partial charge < -0.3 is 5.32 Å². The molecule has 3 aromatic rings. The maximum atomic E-state index is 13.4. The highest BCUT2D eigenvalue weighted by atomic mass is 32.2. The summed E-state index contributed by atoms with van der Waals surface area (Å²) in [7, 11) is 0. The van der Waals surface area contributed by atoms with Gasteiger partial charge in [0.15, 0.2) is 5.16 Å². The van der Waals surface area contributed by atoms with Crippen molar-refractivity contribution in [1.29, 1.82) is 0 Å². The molecule has 1 N–H and O–H groups in total. The third-order valence-electron chi connectivity index (χ3n) is 5.13. The molecule has 0 fully saturated rings. The topological polar surface area (TPSA) is 64.0 Å². The molecule has 3 rings (SSSR count). The van der Waals surface area contributed by atoms with Gasteiger partial charge in [0.25, 0.3) is 5.56 Å². The first-order valence-electron chi connectivity index (χ1n) is 10.7. The van der Waals surface area contributed by atoms with E-state index in [4.69, 9.17) is 4.98 Å². The summed E-state index contributed by atoms with van der Waals surface area (Å²) in [4.78, 5) is 29.7. The van der Waals surface area contributed by atoms with Crippen molar-refractivity contribution < 1.29 is 9.18 Å². The highest BCUT2D eigenvalue weighted by Gasteiger charge is 2.13. The molecule has 164 valence electrons. The second-order valence-corrected chi connectivity index (χ2v) is 8.63. The molecule has 0 spiro atoms. The van der Waals surface area contributed by atoms with Crippen LogP contribution in [0.1, 0.15) is 46.0 Å². The molecule has 1 amide bonds. The third kappa shape index (κ3) is 6.17. The first kappa shape index (κ1) is 23.0. The largest absolute Gasteiger partial charge is 0.354 e. The quantitative estimate of drug-likeness (QED) is 0.270. The number of benzene rings is 2. The number of nitrogens with one attached hydrogen (secondary N) is 1. The van der Waals surface area contributed by atoms with Crippen LogP contribution >= 0.6 is 11.8 Å². The fraction of sp³-hybridized carbons (Fsp3) is 0.375. The molecule has 0 radical (unpaired) electrons. The van der Waals surface area contributed by atoms with E-state index in [1.165, 1.54) is 23.9 Å². The lowest BCUT2D eigenvalue weighted by atomic mass is 10.2. The van der Waals surface area contributed by atoms with Crippen LogP contribution in [0.15, 0.2) is 58.5 Å². The van der Waals surface area contributed by atoms with Crippen molar-refractivity contribution in [2.75, 3.05) is 5.75 Å². The normalized spacial score (nSPS) is 12.1. The minimum absolute atomic E-state index is 0.100. The zero-order valence-electron chi connectivity index (χ0n) is 17.9. The maximum absolute atomic E-state index is 13.4. The SMILES string of the molecule is CCC(C)NC(=O)CCCCCSc1nc2ccccc2c(=O)n1-c1ccc(F)cc1. The average Bonchev–Trinajstić information content (AvgIpc) is 2.77. The summed E-state index contributed by atoms with van der Waals surface area (Å²) in [6, 6.07) is 13.3. The van der Waals surface area contributed by atoms with Gasteiger partial charge in [-0.3, -0.25) is 14.2 Å². The summed E-state index contributed by atoms with van der Waals surface area (Å²) in [6.45, 7) is 4.06. The molecule has 1 aromatic heterocycles. The summed E-state index contributed by atoms with van der Waals surface area (Å²) in [5, 5.41) is 4.10. The molecule has 1 heterocycles. The average molecular weight is 442 g/mol. The van der Waals surface area contributed by atoms with E-state index in [1.54, 1.807) is 22.8 Å². The molecule has 7 heteroatoms. The van der Waals surface area contributed by atoms with Gasteiger partial charge >= 0.3 is 0 Å². The Morgan fingerprint density at radius 1 is 1.13 bits per heavy atom. The van der Waals surface area contributed by atoms with E-state index in [-0.39, 0.29) is 23.3 Å². The van der Waals surface area contributed by atoms with E-state index in [9.17, 15) is 14.0 Å². The van der Waals surface area contributed by atoms with Crippen molar-refractivity contribution in [1.82, 2.24) is 14.9 Å². The Labute approximate surface area is 186 Å². The molecule has 0 saturated heterocycles. The Morgan fingerprint density at radius 3 is 2.61 bits per heavy atom. The van der Waals surface area contributed by atoms with E-state index >= 15 is 0 Å². The number of carbonyl (C=O) groups excluding carboxylic acids is 1. The van der Waals surface area contributed by atoms with Gasteiger partial charge in [0.2, 0.25) is 5.91 Å². The Morgan fingerprint density at radius 2 is 1.87 bits per heavy atom. The fourth-order valence-electron chi connectivity index (χ4n) is 3.20. The van der Waals surface area contributed by atoms with Crippen LogP contribution in [0.4, 0.5) is 4.39 Å². The number of fused-ring (bicyclic) bond motifs is 1. The minimum atomic E-state index is -0.350. The van der Waals surface area contributed by atoms with Crippen molar-refractivity contribution in [3.05, 3.63) is 64.7 Å². The first-order chi connectivity index (χ1) is 15.0. The molecule has 0 aliphatic rings. The molecule has 0 aliphatic carbocycles. The number of hydrogen-bond acceptors (Lipinski definition) is 4. The van der Waals surface area contributed by atoms with Crippen LogP contribution in [0.25, 0.3) is 16.6 Å². The zero-order chi connectivity index (χ0) is 22.2. The Balaban J connectivity index is 1.67. The minimum Gasteiger partial charge on any atom is -0.354 e. The third-order valence-corrected chi connectivity index (χ3v) is 6.15. The van der Waals surface area contributed by atoms with Gasteiger partial charge in [0.05, 0.1) is 16.6 Å². The molecule has 31 heavy (non-hydrogen) atoms. The number of rotatable bonds is 10. The Bertz CT molecular complexity index is 1080. The van der Waals surface area contributed by atoms with Crippen LogP contribution in [0.2, 0.25) is 0 Å². The van der Waals surface area contributed by atoms with E-state index in [1.807, 2.05) is 25.1 Å². The van der Waals surface area contributed by atoms with Crippen molar-refractivity contribution in [2.45, 2.75) is 57.1 Å². The molecule has 1 atom stereocenters. The standard InChI is InChI=1S/C24H28FN3O2S/c1-3-17(2)26-22(29)11-5-4-8-16-31-24-27-21-10-7-6-9-20(21)23(30)28(24)19-14-12-18(25)13-15-19/h6-7,9-10,12-15,17H,3-5,8,11,16H2,1-2H3,(H,26,29). The zero-order valence-corrected chi connectivity index (χ0v) is 18.8. The Kier molecular flexibility index (Phi) is 8.23. The predicted molar refractivity (Wildman–Crippen MR) is 124 cm³/mol. The van der Waals surface area contributed by atoms with Crippen LogP contribution in [-0.4, -0.2) is 27.3 Å². The second-order valence-electron chi connectivity index (χ2n) is 7.56. The molecule has 0 bridgehead atoms. The number of hydrogen-bond donors (Lipinski definition) is 1. The Hall–Kier alpha value is -2.67. The van der Waals surface area contributed by atoms with Gasteiger partial charge in [-0.2, -0.15) is 0 Å². The monoisotopic (exact) mass is 441 g/mol. The lowest BCUT2D eigenvalue weighted by Gasteiger charge is -2.13. The lowest BCUT2D eigenvalue weighted by molar-refractivity contribution is -0.121. The number of unbranched alkanes of at least 4 members (excludes halogenated alkanes) is 2. The molecule has 5 nitrogen and oxygen atoms in total. The summed E-state index contributed by atoms with van der Waals surface area (Å²) < 4.78 is 14.9. The molecule has 0 aliphatic heterocycles. The van der Waals surface area contributed by atoms with E-state index in [2.05, 4.69) is 12.2 Å². The highest BCUT2D eigenvalue weighted by molar-refractivity contribution is 7.99. The van der Waals surface area contributed by atoms with Crippen LogP contribution in [0.3, 0.4) is 0 Å². The molecule has 2 aromatic carbocycles. The van der Waals surface area contributed by atoms with Crippen molar-refractivity contribution in [3.63, 3.8) is 0 Å². The molecule has 0 saturated carbocycles. The van der Waals surface area contributed by atoms with Crippen molar-refractivity contribution in [3.8, 4) is 5.69 Å². The van der Waals surface area contributed by atoms with Gasteiger partial charge in [-0.15, -0.1) is 0 Å². The first-order valence-corrected chi connectivity index (χ1v) is 11.7. The van der Waals surface area contributed by atoms with Crippen molar-refractivity contribution in [2.24, 2.45) is 0 Å². The maximum Gasteiger partial charge on any atom is 0.266 e. The van der Waals surface area contributed by atoms with Crippen LogP contribution in [-0.2, 0) is 4.79 Å². The van der Waals surface area contributed by atoms with Crippen LogP contribution in [0.5, 0.6) is 0 Å². The van der Waals surface area contributed by atoms with Gasteiger partial charge in [0.1, 0.15) is 5.82 Å². The van der Waals surface area contributed by atoms with Gasteiger partial charge in [-0.05, 0) is 62.6 Å². The molecule has 1 unspecified atom stereocenters. The smallest absolute Gasteiger partial charge is 0.266 e. The number of halogens is 1. The predicted octanol–water partition coefficient (Wildman–Crippen LogP) is 5.09.